The number of benzene rings is 1. The molecule has 206 valence electrons. The van der Waals surface area contributed by atoms with E-state index in [1.807, 2.05) is 27.7 Å². The van der Waals surface area contributed by atoms with Crippen LogP contribution in [0, 0.1) is 22.6 Å². The first-order chi connectivity index (χ1) is 17.4. The number of esters is 1. The largest absolute Gasteiger partial charge is 0.496 e. The van der Waals surface area contributed by atoms with Crippen LogP contribution in [0.15, 0.2) is 12.1 Å². The molecule has 2 aliphatic carbocycles. The number of rotatable bonds is 8. The first-order valence-electron chi connectivity index (χ1n) is 13.1. The summed E-state index contributed by atoms with van der Waals surface area (Å²) in [5, 5.41) is 5.96. The summed E-state index contributed by atoms with van der Waals surface area (Å²) < 4.78 is 31.0. The number of carbonyl (C=O) groups is 3. The first kappa shape index (κ1) is 28.7. The maximum absolute atomic E-state index is 14.9. The Kier molecular flexibility index (Phi) is 9.08. The standard InChI is InChI=1S/C28H41FN2O6/c1-27(2,3)16-30-24(32)18-8-7-9-21(18)31-25(33)19-14-23(20(29)15-22(19)35-5)37-17-10-12-28(4,13-11-17)26(34)36-6/h14-15,17-18,21H,7-13,16H2,1-6H3,(H,30,32)(H,31,33)/t17-,18-,21+,28+/m0/s1. The van der Waals surface area contributed by atoms with Crippen molar-refractivity contribution in [3.63, 3.8) is 0 Å². The highest BCUT2D eigenvalue weighted by atomic mass is 19.1. The molecule has 2 amide bonds. The number of halogens is 1. The fourth-order valence-corrected chi connectivity index (χ4v) is 5.12. The van der Waals surface area contributed by atoms with E-state index in [1.54, 1.807) is 0 Å². The Morgan fingerprint density at radius 3 is 2.32 bits per heavy atom. The quantitative estimate of drug-likeness (QED) is 0.493. The average molecular weight is 521 g/mol. The summed E-state index contributed by atoms with van der Waals surface area (Å²) in [6, 6.07) is 2.19. The normalized spacial score (nSPS) is 25.8. The fourth-order valence-electron chi connectivity index (χ4n) is 5.12. The second-order valence-electron chi connectivity index (χ2n) is 11.7. The predicted octanol–water partition coefficient (Wildman–Crippen LogP) is 4.40. The van der Waals surface area contributed by atoms with Gasteiger partial charge in [0.15, 0.2) is 11.6 Å². The molecule has 0 aliphatic heterocycles. The van der Waals surface area contributed by atoms with E-state index in [2.05, 4.69) is 10.6 Å². The monoisotopic (exact) mass is 520 g/mol. The van der Waals surface area contributed by atoms with Gasteiger partial charge in [-0.3, -0.25) is 14.4 Å². The molecule has 2 aliphatic rings. The summed E-state index contributed by atoms with van der Waals surface area (Å²) in [5.74, 6) is -1.65. The molecule has 9 heteroatoms. The molecule has 0 radical (unpaired) electrons. The van der Waals surface area contributed by atoms with Gasteiger partial charge in [-0.25, -0.2) is 4.39 Å². The molecule has 3 rings (SSSR count). The highest BCUT2D eigenvalue weighted by Gasteiger charge is 2.39. The van der Waals surface area contributed by atoms with E-state index in [1.165, 1.54) is 20.3 Å². The van der Waals surface area contributed by atoms with Crippen LogP contribution in [0.4, 0.5) is 4.39 Å². The van der Waals surface area contributed by atoms with Crippen molar-refractivity contribution in [2.24, 2.45) is 16.7 Å². The third kappa shape index (κ3) is 7.14. The zero-order valence-corrected chi connectivity index (χ0v) is 22.9. The van der Waals surface area contributed by atoms with Gasteiger partial charge in [-0.05, 0) is 56.9 Å². The van der Waals surface area contributed by atoms with Crippen LogP contribution < -0.4 is 20.1 Å². The molecule has 0 heterocycles. The molecule has 0 saturated heterocycles. The van der Waals surface area contributed by atoms with Gasteiger partial charge in [0, 0.05) is 18.7 Å². The highest BCUT2D eigenvalue weighted by molar-refractivity contribution is 5.98. The summed E-state index contributed by atoms with van der Waals surface area (Å²) >= 11 is 0. The molecule has 8 nitrogen and oxygen atoms in total. The number of methoxy groups -OCH3 is 2. The lowest BCUT2D eigenvalue weighted by Gasteiger charge is -2.35. The summed E-state index contributed by atoms with van der Waals surface area (Å²) in [4.78, 5) is 38.1. The van der Waals surface area contributed by atoms with E-state index < -0.39 is 17.1 Å². The van der Waals surface area contributed by atoms with Crippen LogP contribution in [0.25, 0.3) is 0 Å². The number of hydrogen-bond acceptors (Lipinski definition) is 6. The van der Waals surface area contributed by atoms with E-state index in [0.717, 1.165) is 12.5 Å². The lowest BCUT2D eigenvalue weighted by atomic mass is 9.75. The van der Waals surface area contributed by atoms with Gasteiger partial charge in [0.2, 0.25) is 5.91 Å². The Hall–Kier alpha value is -2.84. The van der Waals surface area contributed by atoms with Crippen molar-refractivity contribution in [3.05, 3.63) is 23.5 Å². The summed E-state index contributed by atoms with van der Waals surface area (Å²) in [6.45, 7) is 8.56. The number of ether oxygens (including phenoxy) is 3. The van der Waals surface area contributed by atoms with Crippen LogP contribution in [0.1, 0.15) is 83.0 Å². The van der Waals surface area contributed by atoms with E-state index in [4.69, 9.17) is 14.2 Å². The summed E-state index contributed by atoms with van der Waals surface area (Å²) in [5.41, 5.74) is -0.467. The Morgan fingerprint density at radius 2 is 1.73 bits per heavy atom. The maximum atomic E-state index is 14.9. The van der Waals surface area contributed by atoms with Crippen molar-refractivity contribution in [3.8, 4) is 11.5 Å². The van der Waals surface area contributed by atoms with Crippen LogP contribution in [-0.2, 0) is 14.3 Å². The van der Waals surface area contributed by atoms with Crippen molar-refractivity contribution in [1.29, 1.82) is 0 Å². The van der Waals surface area contributed by atoms with Gasteiger partial charge in [0.1, 0.15) is 5.75 Å². The minimum atomic E-state index is -0.630. The molecule has 0 bridgehead atoms. The molecule has 2 saturated carbocycles. The topological polar surface area (TPSA) is 103 Å². The molecule has 1 aromatic rings. The minimum absolute atomic E-state index is 0.0384. The smallest absolute Gasteiger partial charge is 0.311 e. The third-order valence-corrected chi connectivity index (χ3v) is 7.47. The Morgan fingerprint density at radius 1 is 1.05 bits per heavy atom. The second kappa shape index (κ2) is 11.7. The van der Waals surface area contributed by atoms with Gasteiger partial charge in [0.25, 0.3) is 5.91 Å². The molecular weight excluding hydrogens is 479 g/mol. The second-order valence-corrected chi connectivity index (χ2v) is 11.7. The maximum Gasteiger partial charge on any atom is 0.311 e. The zero-order valence-electron chi connectivity index (χ0n) is 22.9. The lowest BCUT2D eigenvalue weighted by molar-refractivity contribution is -0.154. The molecule has 0 spiro atoms. The Balaban J connectivity index is 1.69. The SMILES string of the molecule is COc1cc(F)c(O[C@H]2CC[C@@](C)(C(=O)OC)CC2)cc1C(=O)N[C@@H]1CCC[C@@H]1C(=O)NCC(C)(C)C. The molecule has 2 atom stereocenters. The molecular formula is C28H41FN2O6. The van der Waals surface area contributed by atoms with Gasteiger partial charge in [0.05, 0.1) is 37.2 Å². The molecule has 37 heavy (non-hydrogen) atoms. The summed E-state index contributed by atoms with van der Waals surface area (Å²) in [6.07, 6.45) is 4.18. The predicted molar refractivity (Wildman–Crippen MR) is 137 cm³/mol. The first-order valence-corrected chi connectivity index (χ1v) is 13.1. The van der Waals surface area contributed by atoms with Gasteiger partial charge in [-0.1, -0.05) is 27.2 Å². The van der Waals surface area contributed by atoms with Crippen molar-refractivity contribution < 1.29 is 33.0 Å². The molecule has 0 aromatic heterocycles. The van der Waals surface area contributed by atoms with Crippen molar-refractivity contribution in [2.75, 3.05) is 20.8 Å². The number of carbonyl (C=O) groups excluding carboxylic acids is 3. The summed E-state index contributed by atoms with van der Waals surface area (Å²) in [7, 11) is 2.75. The Bertz CT molecular complexity index is 997. The van der Waals surface area contributed by atoms with Gasteiger partial charge < -0.3 is 24.8 Å². The molecule has 1 aromatic carbocycles. The van der Waals surface area contributed by atoms with Crippen LogP contribution in [0.5, 0.6) is 11.5 Å². The lowest BCUT2D eigenvalue weighted by Crippen LogP contribution is -2.45. The average Bonchev–Trinajstić information content (AvgIpc) is 3.31. The minimum Gasteiger partial charge on any atom is -0.496 e. The number of hydrogen-bond donors (Lipinski definition) is 2. The number of amides is 2. The van der Waals surface area contributed by atoms with Gasteiger partial charge in [-0.15, -0.1) is 0 Å². The molecule has 2 N–H and O–H groups in total. The molecule has 2 fully saturated rings. The van der Waals surface area contributed by atoms with Crippen LogP contribution in [0.2, 0.25) is 0 Å². The molecule has 0 unspecified atom stereocenters. The van der Waals surface area contributed by atoms with Crippen LogP contribution in [-0.4, -0.2) is 50.7 Å². The van der Waals surface area contributed by atoms with Gasteiger partial charge >= 0.3 is 5.97 Å². The van der Waals surface area contributed by atoms with Crippen molar-refractivity contribution >= 4 is 17.8 Å². The van der Waals surface area contributed by atoms with Crippen molar-refractivity contribution in [2.45, 2.75) is 84.8 Å². The van der Waals surface area contributed by atoms with E-state index in [9.17, 15) is 18.8 Å². The van der Waals surface area contributed by atoms with E-state index in [-0.39, 0.29) is 52.4 Å². The van der Waals surface area contributed by atoms with Crippen LogP contribution in [0.3, 0.4) is 0 Å². The fraction of sp³-hybridized carbons (Fsp3) is 0.679. The van der Waals surface area contributed by atoms with E-state index >= 15 is 0 Å². The zero-order chi connectivity index (χ0) is 27.4. The number of nitrogens with one attached hydrogen (secondary N) is 2. The van der Waals surface area contributed by atoms with E-state index in [0.29, 0.717) is 45.1 Å². The highest BCUT2D eigenvalue weighted by Crippen LogP contribution is 2.39. The van der Waals surface area contributed by atoms with Crippen molar-refractivity contribution in [1.82, 2.24) is 10.6 Å². The third-order valence-electron chi connectivity index (χ3n) is 7.47. The van der Waals surface area contributed by atoms with Crippen LogP contribution >= 0.6 is 0 Å². The Labute approximate surface area is 219 Å². The van der Waals surface area contributed by atoms with Gasteiger partial charge in [-0.2, -0.15) is 0 Å².